The van der Waals surface area contributed by atoms with Gasteiger partial charge < -0.3 is 24.2 Å². The molecule has 2 heterocycles. The van der Waals surface area contributed by atoms with E-state index in [-0.39, 0.29) is 37.7 Å². The Morgan fingerprint density at radius 3 is 2.29 bits per heavy atom. The first-order valence-corrected chi connectivity index (χ1v) is 12.8. The van der Waals surface area contributed by atoms with Gasteiger partial charge in [-0.25, -0.2) is 9.59 Å². The molecule has 206 valence electrons. The van der Waals surface area contributed by atoms with Gasteiger partial charge in [0.15, 0.2) is 0 Å². The highest BCUT2D eigenvalue weighted by Gasteiger charge is 2.39. The van der Waals surface area contributed by atoms with Gasteiger partial charge in [-0.2, -0.15) is 13.2 Å². The molecule has 0 radical (unpaired) electrons. The summed E-state index contributed by atoms with van der Waals surface area (Å²) in [6.45, 7) is 8.76. The zero-order valence-electron chi connectivity index (χ0n) is 22.2. The second kappa shape index (κ2) is 10.7. The molecule has 0 spiro atoms. The van der Waals surface area contributed by atoms with Crippen molar-refractivity contribution < 1.29 is 32.2 Å². The van der Waals surface area contributed by atoms with E-state index in [9.17, 15) is 22.8 Å². The monoisotopic (exact) mass is 533 g/mol. The average molecular weight is 534 g/mol. The molecule has 0 aromatic heterocycles. The van der Waals surface area contributed by atoms with Gasteiger partial charge in [0.2, 0.25) is 0 Å². The molecule has 1 saturated heterocycles. The van der Waals surface area contributed by atoms with Gasteiger partial charge in [0.25, 0.3) is 0 Å². The first-order valence-electron chi connectivity index (χ1n) is 12.8. The van der Waals surface area contributed by atoms with E-state index in [1.165, 1.54) is 11.0 Å². The summed E-state index contributed by atoms with van der Waals surface area (Å²) in [6, 6.07) is 11.6. The number of carbonyl (C=O) groups is 2. The third-order valence-electron chi connectivity index (χ3n) is 6.75. The number of piperazine rings is 1. The van der Waals surface area contributed by atoms with Gasteiger partial charge in [0.05, 0.1) is 12.1 Å². The lowest BCUT2D eigenvalue weighted by Crippen LogP contribution is -2.55. The molecule has 38 heavy (non-hydrogen) atoms. The smallest absolute Gasteiger partial charge is 0.416 e. The number of hydrogen-bond acceptors (Lipinski definition) is 5. The van der Waals surface area contributed by atoms with Crippen molar-refractivity contribution in [3.63, 3.8) is 0 Å². The SMILES string of the molecule is C[C@@H]1CN(c2ccc(C(F)(F)F)c3c2CN(C(=O)OCc2ccccc2)CC3)CCN1C(=O)OC(C)(C)C. The topological polar surface area (TPSA) is 62.3 Å². The maximum absolute atomic E-state index is 13.9. The van der Waals surface area contributed by atoms with Crippen LogP contribution in [0.5, 0.6) is 0 Å². The fourth-order valence-electron chi connectivity index (χ4n) is 4.96. The molecular weight excluding hydrogens is 499 g/mol. The minimum Gasteiger partial charge on any atom is -0.445 e. The number of anilines is 1. The highest BCUT2D eigenvalue weighted by atomic mass is 19.4. The van der Waals surface area contributed by atoms with Gasteiger partial charge in [-0.3, -0.25) is 0 Å². The maximum atomic E-state index is 13.9. The molecule has 2 aliphatic heterocycles. The summed E-state index contributed by atoms with van der Waals surface area (Å²) in [5.41, 5.74) is 0.859. The van der Waals surface area contributed by atoms with Crippen LogP contribution in [0.4, 0.5) is 28.4 Å². The molecule has 2 amide bonds. The molecule has 0 unspecified atom stereocenters. The Morgan fingerprint density at radius 2 is 1.66 bits per heavy atom. The molecule has 1 fully saturated rings. The first kappa shape index (κ1) is 27.6. The summed E-state index contributed by atoms with van der Waals surface area (Å²) in [6.07, 6.45) is -5.40. The van der Waals surface area contributed by atoms with Gasteiger partial charge in [-0.1, -0.05) is 30.3 Å². The van der Waals surface area contributed by atoms with Crippen molar-refractivity contribution in [3.8, 4) is 0 Å². The van der Waals surface area contributed by atoms with Gasteiger partial charge >= 0.3 is 18.4 Å². The predicted octanol–water partition coefficient (Wildman–Crippen LogP) is 5.85. The van der Waals surface area contributed by atoms with Crippen molar-refractivity contribution in [2.45, 2.75) is 65.1 Å². The minimum absolute atomic E-state index is 0.0167. The van der Waals surface area contributed by atoms with Crippen LogP contribution < -0.4 is 4.90 Å². The standard InChI is InChI=1S/C28H34F3N3O4/c1-19-16-32(14-15-34(19)26(36)38-27(2,3)4)24-11-10-23(28(29,30)31)21-12-13-33(17-22(21)24)25(35)37-18-20-8-6-5-7-9-20/h5-11,19H,12-18H2,1-4H3/t19-/m1/s1. The number of nitrogens with zero attached hydrogens (tertiary/aromatic N) is 3. The molecule has 2 aromatic carbocycles. The third kappa shape index (κ3) is 6.34. The van der Waals surface area contributed by atoms with E-state index in [0.717, 1.165) is 11.6 Å². The van der Waals surface area contributed by atoms with E-state index in [1.807, 2.05) is 42.2 Å². The lowest BCUT2D eigenvalue weighted by molar-refractivity contribution is -0.138. The number of hydrogen-bond donors (Lipinski definition) is 0. The summed E-state index contributed by atoms with van der Waals surface area (Å²) in [7, 11) is 0. The van der Waals surface area contributed by atoms with Crippen LogP contribution in [0.1, 0.15) is 49.9 Å². The molecule has 0 N–H and O–H groups in total. The van der Waals surface area contributed by atoms with Crippen molar-refractivity contribution in [1.29, 1.82) is 0 Å². The normalized spacial score (nSPS) is 18.2. The van der Waals surface area contributed by atoms with Crippen LogP contribution in [0.2, 0.25) is 0 Å². The second-order valence-corrected chi connectivity index (χ2v) is 10.8. The van der Waals surface area contributed by atoms with E-state index < -0.39 is 29.5 Å². The lowest BCUT2D eigenvalue weighted by Gasteiger charge is -2.43. The van der Waals surface area contributed by atoms with E-state index in [2.05, 4.69) is 0 Å². The van der Waals surface area contributed by atoms with Crippen molar-refractivity contribution in [2.75, 3.05) is 31.1 Å². The molecule has 1 atom stereocenters. The largest absolute Gasteiger partial charge is 0.445 e. The summed E-state index contributed by atoms with van der Waals surface area (Å²) in [5.74, 6) is 0. The van der Waals surface area contributed by atoms with Crippen molar-refractivity contribution in [2.24, 2.45) is 0 Å². The average Bonchev–Trinajstić information content (AvgIpc) is 2.85. The summed E-state index contributed by atoms with van der Waals surface area (Å²) < 4.78 is 52.6. The van der Waals surface area contributed by atoms with Gasteiger partial charge in [0.1, 0.15) is 12.2 Å². The van der Waals surface area contributed by atoms with Crippen LogP contribution in [-0.4, -0.2) is 59.8 Å². The molecule has 7 nitrogen and oxygen atoms in total. The zero-order chi connectivity index (χ0) is 27.7. The second-order valence-electron chi connectivity index (χ2n) is 10.8. The Balaban J connectivity index is 1.54. The quantitative estimate of drug-likeness (QED) is 0.496. The highest BCUT2D eigenvalue weighted by molar-refractivity contribution is 5.71. The molecule has 2 aromatic rings. The lowest BCUT2D eigenvalue weighted by atomic mass is 9.91. The number of halogens is 3. The van der Waals surface area contributed by atoms with Crippen molar-refractivity contribution in [1.82, 2.24) is 9.80 Å². The Bertz CT molecular complexity index is 1160. The number of fused-ring (bicyclic) bond motifs is 1. The van der Waals surface area contributed by atoms with Gasteiger partial charge in [-0.15, -0.1) is 0 Å². The number of ether oxygens (including phenoxy) is 2. The minimum atomic E-state index is -4.50. The number of rotatable bonds is 3. The van der Waals surface area contributed by atoms with E-state index in [0.29, 0.717) is 30.9 Å². The van der Waals surface area contributed by atoms with Gasteiger partial charge in [-0.05, 0) is 62.9 Å². The maximum Gasteiger partial charge on any atom is 0.416 e. The van der Waals surface area contributed by atoms with Crippen LogP contribution in [-0.2, 0) is 35.2 Å². The van der Waals surface area contributed by atoms with Crippen LogP contribution in [0.25, 0.3) is 0 Å². The van der Waals surface area contributed by atoms with Crippen LogP contribution in [0, 0.1) is 0 Å². The zero-order valence-corrected chi connectivity index (χ0v) is 22.2. The Hall–Kier alpha value is -3.43. The van der Waals surface area contributed by atoms with Crippen LogP contribution in [0.3, 0.4) is 0 Å². The predicted molar refractivity (Wildman–Crippen MR) is 137 cm³/mol. The first-order chi connectivity index (χ1) is 17.8. The Morgan fingerprint density at radius 1 is 0.947 bits per heavy atom. The summed E-state index contributed by atoms with van der Waals surface area (Å²) in [5, 5.41) is 0. The molecule has 4 rings (SSSR count). The number of amides is 2. The number of benzene rings is 2. The van der Waals surface area contributed by atoms with Crippen LogP contribution in [0.15, 0.2) is 42.5 Å². The molecule has 10 heteroatoms. The molecule has 0 saturated carbocycles. The van der Waals surface area contributed by atoms with Crippen molar-refractivity contribution in [3.05, 3.63) is 64.7 Å². The fourth-order valence-corrected chi connectivity index (χ4v) is 4.96. The molecular formula is C28H34F3N3O4. The Labute approximate surface area is 221 Å². The fraction of sp³-hybridized carbons (Fsp3) is 0.500. The summed E-state index contributed by atoms with van der Waals surface area (Å²) in [4.78, 5) is 30.6. The molecule has 2 aliphatic rings. The number of carbonyl (C=O) groups excluding carboxylic acids is 2. The molecule has 0 bridgehead atoms. The number of alkyl halides is 3. The van der Waals surface area contributed by atoms with E-state index in [1.54, 1.807) is 25.7 Å². The third-order valence-corrected chi connectivity index (χ3v) is 6.75. The molecule has 0 aliphatic carbocycles. The Kier molecular flexibility index (Phi) is 7.80. The van der Waals surface area contributed by atoms with Crippen molar-refractivity contribution >= 4 is 17.9 Å². The van der Waals surface area contributed by atoms with E-state index in [4.69, 9.17) is 9.47 Å². The van der Waals surface area contributed by atoms with Gasteiger partial charge in [0, 0.05) is 37.9 Å². The summed E-state index contributed by atoms with van der Waals surface area (Å²) >= 11 is 0. The van der Waals surface area contributed by atoms with Crippen LogP contribution >= 0.6 is 0 Å². The highest BCUT2D eigenvalue weighted by Crippen LogP contribution is 2.40. The van der Waals surface area contributed by atoms with E-state index >= 15 is 0 Å².